The predicted octanol–water partition coefficient (Wildman–Crippen LogP) is 1.14. The molecule has 0 spiro atoms. The monoisotopic (exact) mass is 194 g/mol. The molecule has 0 N–H and O–H groups in total. The molecular formula is C7H5OY-. The molecule has 0 saturated heterocycles. The Morgan fingerprint density at radius 1 is 1.11 bits per heavy atom. The molecule has 0 aliphatic rings. The van der Waals surface area contributed by atoms with Crippen LogP contribution in [0.25, 0.3) is 0 Å². The summed E-state index contributed by atoms with van der Waals surface area (Å²) >= 11 is 0. The van der Waals surface area contributed by atoms with Crippen LogP contribution in [0.5, 0.6) is 0 Å². The average Bonchev–Trinajstić information content (AvgIpc) is 1.90. The van der Waals surface area contributed by atoms with Crippen molar-refractivity contribution >= 4 is 6.29 Å². The Labute approximate surface area is 79.3 Å². The molecule has 2 heteroatoms. The molecule has 0 bridgehead atoms. The first-order valence-corrected chi connectivity index (χ1v) is 2.36. The first-order valence-electron chi connectivity index (χ1n) is 2.36. The number of hydrogen-bond donors (Lipinski definition) is 0. The van der Waals surface area contributed by atoms with Crippen molar-refractivity contribution in [1.29, 1.82) is 0 Å². The van der Waals surface area contributed by atoms with Crippen LogP contribution in [0.2, 0.25) is 0 Å². The van der Waals surface area contributed by atoms with Crippen LogP contribution in [0, 0.1) is 0 Å². The van der Waals surface area contributed by atoms with Gasteiger partial charge in [-0.25, -0.2) is 0 Å². The van der Waals surface area contributed by atoms with Crippen LogP contribution in [0.4, 0.5) is 0 Å². The van der Waals surface area contributed by atoms with Gasteiger partial charge in [-0.1, -0.05) is 6.07 Å². The van der Waals surface area contributed by atoms with Gasteiger partial charge >= 0.3 is 0 Å². The van der Waals surface area contributed by atoms with Gasteiger partial charge in [0, 0.05) is 32.7 Å². The minimum absolute atomic E-state index is 0. The molecule has 0 aliphatic carbocycles. The summed E-state index contributed by atoms with van der Waals surface area (Å²) in [7, 11) is 0. The smallest absolute Gasteiger partial charge is 0.0627 e. The van der Waals surface area contributed by atoms with Crippen molar-refractivity contribution in [2.75, 3.05) is 0 Å². The maximum atomic E-state index is 9.88. The molecule has 1 aromatic carbocycles. The quantitative estimate of drug-likeness (QED) is 0.612. The van der Waals surface area contributed by atoms with Gasteiger partial charge in [0.2, 0.25) is 0 Å². The molecule has 0 amide bonds. The van der Waals surface area contributed by atoms with Gasteiger partial charge in [-0.15, -0.1) is 12.1 Å². The molecule has 0 aliphatic heterocycles. The van der Waals surface area contributed by atoms with E-state index in [-0.39, 0.29) is 32.7 Å². The van der Waals surface area contributed by atoms with Crippen LogP contribution in [0.3, 0.4) is 0 Å². The van der Waals surface area contributed by atoms with Gasteiger partial charge in [-0.3, -0.25) is 0 Å². The molecule has 1 aromatic rings. The fraction of sp³-hybridized carbons (Fsp3) is 0. The van der Waals surface area contributed by atoms with Crippen molar-refractivity contribution < 1.29 is 37.5 Å². The maximum absolute atomic E-state index is 9.88. The third-order valence-electron chi connectivity index (χ3n) is 0.892. The van der Waals surface area contributed by atoms with Crippen LogP contribution < -0.4 is 0 Å². The largest absolute Gasteiger partial charge is 0.376 e. The van der Waals surface area contributed by atoms with Crippen molar-refractivity contribution in [3.05, 3.63) is 35.9 Å². The fourth-order valence-corrected chi connectivity index (χ4v) is 0.506. The summed E-state index contributed by atoms with van der Waals surface area (Å²) in [5.41, 5.74) is 0.604. The Bertz CT molecular complexity index is 172. The molecule has 1 nitrogen and oxygen atoms in total. The molecule has 0 saturated carbocycles. The Morgan fingerprint density at radius 3 is 2.00 bits per heavy atom. The van der Waals surface area contributed by atoms with Crippen molar-refractivity contribution in [2.45, 2.75) is 0 Å². The molecule has 9 heavy (non-hydrogen) atoms. The summed E-state index contributed by atoms with van der Waals surface area (Å²) in [6.45, 7) is 0. The Hall–Kier alpha value is -0.00610. The van der Waals surface area contributed by atoms with E-state index in [0.29, 0.717) is 5.56 Å². The van der Waals surface area contributed by atoms with Crippen LogP contribution in [-0.2, 0) is 37.5 Å². The molecule has 0 unspecified atom stereocenters. The summed E-state index contributed by atoms with van der Waals surface area (Å²) in [5, 5.41) is 0. The maximum Gasteiger partial charge on any atom is 0.0627 e. The zero-order chi connectivity index (χ0) is 5.82. The summed E-state index contributed by atoms with van der Waals surface area (Å²) in [5.74, 6) is 0. The van der Waals surface area contributed by atoms with E-state index in [1.54, 1.807) is 30.6 Å². The second-order valence-electron chi connectivity index (χ2n) is 1.47. The van der Waals surface area contributed by atoms with E-state index in [1.807, 2.05) is 6.07 Å². The number of hydrogen-bond acceptors (Lipinski definition) is 1. The van der Waals surface area contributed by atoms with Crippen LogP contribution in [0.1, 0.15) is 5.56 Å². The van der Waals surface area contributed by atoms with E-state index in [9.17, 15) is 4.79 Å². The molecule has 0 heterocycles. The second-order valence-corrected chi connectivity index (χ2v) is 1.47. The third-order valence-corrected chi connectivity index (χ3v) is 0.892. The number of benzene rings is 1. The summed E-state index contributed by atoms with van der Waals surface area (Å²) < 4.78 is 0. The van der Waals surface area contributed by atoms with Crippen LogP contribution >= 0.6 is 0 Å². The van der Waals surface area contributed by atoms with Gasteiger partial charge in [-0.05, 0) is 0 Å². The fourth-order valence-electron chi connectivity index (χ4n) is 0.506. The van der Waals surface area contributed by atoms with Gasteiger partial charge in [-0.2, -0.15) is 17.7 Å². The Kier molecular flexibility index (Phi) is 4.83. The van der Waals surface area contributed by atoms with Crippen LogP contribution in [-0.4, -0.2) is 6.29 Å². The van der Waals surface area contributed by atoms with Gasteiger partial charge in [0.05, 0.1) is 6.29 Å². The van der Waals surface area contributed by atoms with E-state index in [1.165, 1.54) is 0 Å². The van der Waals surface area contributed by atoms with Gasteiger partial charge in [0.25, 0.3) is 0 Å². The molecular weight excluding hydrogens is 189 g/mol. The van der Waals surface area contributed by atoms with Gasteiger partial charge < -0.3 is 4.79 Å². The average molecular weight is 194 g/mol. The van der Waals surface area contributed by atoms with E-state index >= 15 is 0 Å². The van der Waals surface area contributed by atoms with E-state index in [4.69, 9.17) is 0 Å². The Balaban J connectivity index is 0.000000640. The number of rotatable bonds is 1. The number of carbonyl (C=O) groups excluding carboxylic acids is 1. The standard InChI is InChI=1S/C7H5O.Y/c8-6-7-4-2-1-3-5-7;/h1-5H;/q-1;. The Morgan fingerprint density at radius 2 is 1.67 bits per heavy atom. The van der Waals surface area contributed by atoms with Crippen LogP contribution in [0.15, 0.2) is 30.3 Å². The zero-order valence-corrected chi connectivity index (χ0v) is 7.71. The second kappa shape index (κ2) is 4.83. The molecule has 1 rings (SSSR count). The normalized spacial score (nSPS) is 7.56. The summed E-state index contributed by atoms with van der Waals surface area (Å²) in [6.07, 6.45) is 1.78. The predicted molar refractivity (Wildman–Crippen MR) is 31.2 cm³/mol. The zero-order valence-electron chi connectivity index (χ0n) is 4.87. The summed E-state index contributed by atoms with van der Waals surface area (Å²) in [4.78, 5) is 9.88. The van der Waals surface area contributed by atoms with Gasteiger partial charge in [0.15, 0.2) is 0 Å². The van der Waals surface area contributed by atoms with E-state index in [2.05, 4.69) is 0 Å². The van der Waals surface area contributed by atoms with E-state index in [0.717, 1.165) is 0 Å². The molecule has 1 radical (unpaired) electrons. The molecule has 0 aromatic heterocycles. The molecule has 43 valence electrons. The van der Waals surface area contributed by atoms with E-state index < -0.39 is 0 Å². The topological polar surface area (TPSA) is 17.1 Å². The minimum Gasteiger partial charge on any atom is -0.376 e. The minimum atomic E-state index is 0. The SMILES string of the molecule is O=[C-]c1ccccc1.[Y]. The first kappa shape index (κ1) is 8.99. The first-order chi connectivity index (χ1) is 3.93. The van der Waals surface area contributed by atoms with Crippen molar-refractivity contribution in [3.63, 3.8) is 0 Å². The van der Waals surface area contributed by atoms with Crippen molar-refractivity contribution in [1.82, 2.24) is 0 Å². The molecule has 0 atom stereocenters. The third kappa shape index (κ3) is 2.88. The van der Waals surface area contributed by atoms with Gasteiger partial charge in [0.1, 0.15) is 0 Å². The van der Waals surface area contributed by atoms with Crippen molar-refractivity contribution in [3.8, 4) is 0 Å². The molecule has 0 fully saturated rings. The summed E-state index contributed by atoms with van der Waals surface area (Å²) in [6, 6.07) is 8.90. The van der Waals surface area contributed by atoms with Crippen molar-refractivity contribution in [2.24, 2.45) is 0 Å².